The number of anilines is 4. The number of piperidine rings is 3. The summed E-state index contributed by atoms with van der Waals surface area (Å²) in [5.41, 5.74) is 6.99. The van der Waals surface area contributed by atoms with Crippen LogP contribution in [0.1, 0.15) is 86.9 Å². The fourth-order valence-electron chi connectivity index (χ4n) is 9.40. The maximum absolute atomic E-state index is 13.5. The number of fused-ring (bicyclic) bond motifs is 2. The van der Waals surface area contributed by atoms with Gasteiger partial charge < -0.3 is 20.4 Å². The molecule has 3 aromatic heterocycles. The predicted octanol–water partition coefficient (Wildman–Crippen LogP) is 6.09. The van der Waals surface area contributed by atoms with Gasteiger partial charge >= 0.3 is 0 Å². The van der Waals surface area contributed by atoms with E-state index >= 15 is 0 Å². The molecule has 2 aromatic carbocycles. The van der Waals surface area contributed by atoms with Gasteiger partial charge in [-0.25, -0.2) is 19.3 Å². The first-order chi connectivity index (χ1) is 28.3. The second kappa shape index (κ2) is 16.2. The van der Waals surface area contributed by atoms with Crippen molar-refractivity contribution in [3.8, 4) is 5.82 Å². The number of imide groups is 1. The Kier molecular flexibility index (Phi) is 10.5. The summed E-state index contributed by atoms with van der Waals surface area (Å²) in [6, 6.07) is 21.9. The van der Waals surface area contributed by atoms with Crippen molar-refractivity contribution in [3.05, 3.63) is 107 Å². The largest absolute Gasteiger partial charge is 0.371 e. The lowest BCUT2D eigenvalue weighted by molar-refractivity contribution is -0.134. The number of hydrogen-bond acceptors (Lipinski definition) is 10. The van der Waals surface area contributed by atoms with E-state index in [2.05, 4.69) is 86.7 Å². The van der Waals surface area contributed by atoms with E-state index in [1.54, 1.807) is 17.0 Å². The molecule has 300 valence electrons. The number of aryl methyl sites for hydroxylation is 1. The summed E-state index contributed by atoms with van der Waals surface area (Å²) in [4.78, 5) is 56.7. The first-order valence-electron chi connectivity index (χ1n) is 21.0. The van der Waals surface area contributed by atoms with E-state index in [0.717, 1.165) is 88.1 Å². The van der Waals surface area contributed by atoms with E-state index in [1.165, 1.54) is 16.9 Å². The number of allylic oxidation sites excluding steroid dienone is 1. The van der Waals surface area contributed by atoms with Crippen molar-refractivity contribution in [1.82, 2.24) is 34.9 Å². The Bertz CT molecular complexity index is 2370. The van der Waals surface area contributed by atoms with Gasteiger partial charge in [-0.3, -0.25) is 19.7 Å². The zero-order valence-electron chi connectivity index (χ0n) is 33.2. The van der Waals surface area contributed by atoms with E-state index < -0.39 is 0 Å². The summed E-state index contributed by atoms with van der Waals surface area (Å²) < 4.78 is 3.45. The minimum atomic E-state index is -0.245. The smallest absolute Gasteiger partial charge is 0.278 e. The third-order valence-electron chi connectivity index (χ3n) is 12.7. The summed E-state index contributed by atoms with van der Waals surface area (Å²) in [7, 11) is 0. The number of pyridine rings is 1. The Balaban J connectivity index is 0.787. The topological polar surface area (TPSA) is 142 Å². The number of amides is 2. The van der Waals surface area contributed by atoms with Crippen molar-refractivity contribution < 1.29 is 9.59 Å². The highest BCUT2D eigenvalue weighted by Gasteiger charge is 2.29. The summed E-state index contributed by atoms with van der Waals surface area (Å²) in [6.07, 6.45) is 11.9. The van der Waals surface area contributed by atoms with E-state index in [4.69, 9.17) is 9.97 Å². The van der Waals surface area contributed by atoms with Crippen LogP contribution < -0.4 is 31.3 Å². The van der Waals surface area contributed by atoms with Crippen LogP contribution in [0.2, 0.25) is 0 Å². The molecule has 3 aliphatic heterocycles. The number of rotatable bonds is 11. The molecule has 6 heterocycles. The number of carbonyl (C=O) groups excluding carboxylic acids is 2. The summed E-state index contributed by atoms with van der Waals surface area (Å²) in [5.74, 6) is 0.912. The number of benzene rings is 2. The SMILES string of the molecule is C=CCn1c(=O)c2cnc(Nc3ccc(N4CCC(NC5CCN(c6ccc(C7CCC(=O)NC7=O)cc6)CC5)CC4)cc3)nc2n1-c1ccc2c(n1)C(CC)CC2. The van der Waals surface area contributed by atoms with E-state index in [1.807, 2.05) is 22.9 Å². The molecule has 9 rings (SSSR count). The van der Waals surface area contributed by atoms with Crippen LogP contribution in [0, 0.1) is 0 Å². The fraction of sp³-hybridized carbons (Fsp3) is 0.422. The number of aromatic nitrogens is 5. The van der Waals surface area contributed by atoms with Gasteiger partial charge in [0.15, 0.2) is 11.5 Å². The highest BCUT2D eigenvalue weighted by Crippen LogP contribution is 2.35. The minimum Gasteiger partial charge on any atom is -0.371 e. The van der Waals surface area contributed by atoms with Crippen LogP contribution in [0.3, 0.4) is 0 Å². The van der Waals surface area contributed by atoms with Gasteiger partial charge in [0.2, 0.25) is 17.8 Å². The maximum atomic E-state index is 13.5. The molecule has 2 unspecified atom stereocenters. The Labute approximate surface area is 338 Å². The fourth-order valence-corrected chi connectivity index (χ4v) is 9.40. The second-order valence-corrected chi connectivity index (χ2v) is 16.2. The lowest BCUT2D eigenvalue weighted by Gasteiger charge is -2.39. The van der Waals surface area contributed by atoms with Crippen LogP contribution in [0.25, 0.3) is 16.9 Å². The second-order valence-electron chi connectivity index (χ2n) is 16.2. The van der Waals surface area contributed by atoms with Crippen LogP contribution in [0.5, 0.6) is 0 Å². The molecule has 13 nitrogen and oxygen atoms in total. The van der Waals surface area contributed by atoms with Crippen molar-refractivity contribution in [2.24, 2.45) is 0 Å². The van der Waals surface area contributed by atoms with Crippen LogP contribution in [-0.4, -0.2) is 74.4 Å². The summed E-state index contributed by atoms with van der Waals surface area (Å²) in [6.45, 7) is 10.4. The molecule has 5 aromatic rings. The summed E-state index contributed by atoms with van der Waals surface area (Å²) >= 11 is 0. The zero-order valence-corrected chi connectivity index (χ0v) is 33.2. The van der Waals surface area contributed by atoms with E-state index in [-0.39, 0.29) is 23.3 Å². The molecular formula is C45H52N10O3. The molecule has 0 radical (unpaired) electrons. The third kappa shape index (κ3) is 7.50. The van der Waals surface area contributed by atoms with Crippen LogP contribution >= 0.6 is 0 Å². The molecule has 0 saturated carbocycles. The van der Waals surface area contributed by atoms with Crippen molar-refractivity contribution in [1.29, 1.82) is 0 Å². The lowest BCUT2D eigenvalue weighted by atomic mass is 9.90. The monoisotopic (exact) mass is 780 g/mol. The molecule has 2 amide bonds. The molecule has 58 heavy (non-hydrogen) atoms. The van der Waals surface area contributed by atoms with Crippen molar-refractivity contribution in [3.63, 3.8) is 0 Å². The average Bonchev–Trinajstić information content (AvgIpc) is 3.79. The Hall–Kier alpha value is -5.82. The quantitative estimate of drug-likeness (QED) is 0.106. The van der Waals surface area contributed by atoms with Crippen molar-refractivity contribution in [2.75, 3.05) is 41.3 Å². The van der Waals surface area contributed by atoms with Gasteiger partial charge in [-0.05, 0) is 105 Å². The number of nitrogens with zero attached hydrogens (tertiary/aromatic N) is 7. The van der Waals surface area contributed by atoms with Gasteiger partial charge in [0, 0.05) is 79.6 Å². The van der Waals surface area contributed by atoms with Gasteiger partial charge in [0.1, 0.15) is 5.39 Å². The maximum Gasteiger partial charge on any atom is 0.278 e. The highest BCUT2D eigenvalue weighted by molar-refractivity contribution is 6.01. The standard InChI is InChI=1S/C45H52N10O3/c1-3-23-54-44(58)38-28-46-45(51-42(38)55(54)39-17-9-31-6-5-29(4-2)41(31)49-39)48-32-10-14-36(15-11-32)53-26-21-34(22-27-53)47-33-19-24-52(25-20-33)35-12-7-30(8-13-35)37-16-18-40(56)50-43(37)57/h3,7-15,17,28-29,33-34,37,47H,1,4-6,16,18-27H2,2H3,(H,46,48,51)(H,50,56,57). The van der Waals surface area contributed by atoms with Gasteiger partial charge in [0.05, 0.1) is 12.5 Å². The molecule has 4 aliphatic rings. The predicted molar refractivity (Wildman–Crippen MR) is 227 cm³/mol. The summed E-state index contributed by atoms with van der Waals surface area (Å²) in [5, 5.41) is 10.2. The first kappa shape index (κ1) is 37.7. The van der Waals surface area contributed by atoms with Crippen LogP contribution in [0.15, 0.2) is 84.3 Å². The molecule has 0 bridgehead atoms. The number of hydrogen-bond donors (Lipinski definition) is 3. The van der Waals surface area contributed by atoms with Gasteiger partial charge in [0.25, 0.3) is 5.56 Å². The highest BCUT2D eigenvalue weighted by atomic mass is 16.2. The van der Waals surface area contributed by atoms with Crippen LogP contribution in [-0.2, 0) is 22.6 Å². The molecule has 0 spiro atoms. The molecule has 1 aliphatic carbocycles. The molecule has 3 fully saturated rings. The zero-order chi connectivity index (χ0) is 39.8. The van der Waals surface area contributed by atoms with Crippen LogP contribution in [0.4, 0.5) is 23.0 Å². The third-order valence-corrected chi connectivity index (χ3v) is 12.7. The van der Waals surface area contributed by atoms with Gasteiger partial charge in [-0.15, -0.1) is 6.58 Å². The van der Waals surface area contributed by atoms with Gasteiger partial charge in [-0.1, -0.05) is 31.2 Å². The first-order valence-corrected chi connectivity index (χ1v) is 21.0. The average molecular weight is 781 g/mol. The minimum absolute atomic E-state index is 0.169. The van der Waals surface area contributed by atoms with E-state index in [9.17, 15) is 14.4 Å². The normalized spacial score (nSPS) is 20.4. The molecule has 3 N–H and O–H groups in total. The number of nitrogens with one attached hydrogen (secondary N) is 3. The molecule has 2 atom stereocenters. The van der Waals surface area contributed by atoms with Crippen molar-refractivity contribution in [2.45, 2.75) is 95.2 Å². The Morgan fingerprint density at radius 1 is 0.810 bits per heavy atom. The van der Waals surface area contributed by atoms with E-state index in [0.29, 0.717) is 60.2 Å². The Morgan fingerprint density at radius 2 is 1.48 bits per heavy atom. The molecule has 13 heteroatoms. The van der Waals surface area contributed by atoms with Gasteiger partial charge in [-0.2, -0.15) is 4.98 Å². The molecule has 3 saturated heterocycles. The molecular weight excluding hydrogens is 729 g/mol. The Morgan fingerprint density at radius 3 is 2.12 bits per heavy atom. The van der Waals surface area contributed by atoms with Crippen molar-refractivity contribution >= 4 is 45.9 Å². The number of carbonyl (C=O) groups is 2. The lowest BCUT2D eigenvalue weighted by Crippen LogP contribution is -2.50.